The Morgan fingerprint density at radius 2 is 1.91 bits per heavy atom. The minimum atomic E-state index is -0.122. The van der Waals surface area contributed by atoms with Crippen LogP contribution < -0.4 is 5.56 Å². The van der Waals surface area contributed by atoms with E-state index in [1.165, 1.54) is 16.7 Å². The van der Waals surface area contributed by atoms with Gasteiger partial charge < -0.3 is 9.47 Å². The molecule has 1 aliphatic carbocycles. The van der Waals surface area contributed by atoms with Gasteiger partial charge in [0.05, 0.1) is 17.4 Å². The Labute approximate surface area is 204 Å². The van der Waals surface area contributed by atoms with E-state index >= 15 is 0 Å². The van der Waals surface area contributed by atoms with Gasteiger partial charge in [0.1, 0.15) is 0 Å². The first-order chi connectivity index (χ1) is 16.9. The third-order valence-electron chi connectivity index (χ3n) is 7.78. The lowest BCUT2D eigenvalue weighted by Crippen LogP contribution is -2.37. The van der Waals surface area contributed by atoms with Gasteiger partial charge in [-0.1, -0.05) is 30.3 Å². The molecule has 35 heavy (non-hydrogen) atoms. The van der Waals surface area contributed by atoms with E-state index in [4.69, 9.17) is 0 Å². The summed E-state index contributed by atoms with van der Waals surface area (Å²) in [6.07, 6.45) is 7.66. The number of hydrogen-bond acceptors (Lipinski definition) is 3. The van der Waals surface area contributed by atoms with Gasteiger partial charge in [-0.3, -0.25) is 9.59 Å². The minimum Gasteiger partial charge on any atom is -0.342 e. The number of aromatic nitrogens is 3. The lowest BCUT2D eigenvalue weighted by atomic mass is 9.73. The third kappa shape index (κ3) is 3.87. The number of nitrogens with zero attached hydrogens (tertiary/aromatic N) is 4. The van der Waals surface area contributed by atoms with Gasteiger partial charge >= 0.3 is 0 Å². The molecule has 2 aliphatic rings. The molecule has 2 aromatic carbocycles. The highest BCUT2D eigenvalue weighted by Gasteiger charge is 2.45. The molecule has 1 saturated carbocycles. The summed E-state index contributed by atoms with van der Waals surface area (Å²) in [4.78, 5) is 26.9. The number of rotatable bonds is 5. The molecule has 6 nitrogen and oxygen atoms in total. The fourth-order valence-electron chi connectivity index (χ4n) is 5.76. The molecule has 6 rings (SSSR count). The Hall–Kier alpha value is -3.67. The molecule has 4 aromatic rings. The molecule has 1 saturated heterocycles. The minimum absolute atomic E-state index is 0.0435. The standard InChI is InChI=1S/C29H30N4O2/c1-20-14-26-23(17-30-33(26)24-10-11-27(34)31(2)18-24)15-25(20)29(16-21-6-4-3-5-7-21)12-13-32(19-29)28(35)22-8-9-22/h3-7,10-11,14-15,17-18,22H,8-9,12-13,16,19H2,1-2H3. The van der Waals surface area contributed by atoms with E-state index < -0.39 is 0 Å². The molecular formula is C29H30N4O2. The molecule has 1 amide bonds. The third-order valence-corrected chi connectivity index (χ3v) is 7.78. The highest BCUT2D eigenvalue weighted by atomic mass is 16.2. The fourth-order valence-corrected chi connectivity index (χ4v) is 5.76. The van der Waals surface area contributed by atoms with Crippen LogP contribution in [0.2, 0.25) is 0 Å². The van der Waals surface area contributed by atoms with Crippen LogP contribution in [-0.4, -0.2) is 38.2 Å². The van der Waals surface area contributed by atoms with Crippen LogP contribution in [0.25, 0.3) is 16.6 Å². The van der Waals surface area contributed by atoms with Gasteiger partial charge in [0, 0.05) is 49.1 Å². The van der Waals surface area contributed by atoms with Gasteiger partial charge in [-0.05, 0) is 67.5 Å². The van der Waals surface area contributed by atoms with E-state index in [-0.39, 0.29) is 16.9 Å². The number of amides is 1. The molecule has 2 aromatic heterocycles. The number of hydrogen-bond donors (Lipinski definition) is 0. The predicted molar refractivity (Wildman–Crippen MR) is 137 cm³/mol. The molecule has 178 valence electrons. The number of fused-ring (bicyclic) bond motifs is 1. The summed E-state index contributed by atoms with van der Waals surface area (Å²) in [6.45, 7) is 3.75. The number of aryl methyl sites for hydroxylation is 2. The van der Waals surface area contributed by atoms with Gasteiger partial charge in [-0.15, -0.1) is 0 Å². The van der Waals surface area contributed by atoms with Crippen LogP contribution in [0, 0.1) is 12.8 Å². The number of carbonyl (C=O) groups excluding carboxylic acids is 1. The highest BCUT2D eigenvalue weighted by molar-refractivity contribution is 5.83. The number of likely N-dealkylation sites (tertiary alicyclic amines) is 1. The highest BCUT2D eigenvalue weighted by Crippen LogP contribution is 2.43. The van der Waals surface area contributed by atoms with Gasteiger partial charge in [0.15, 0.2) is 0 Å². The van der Waals surface area contributed by atoms with Crippen LogP contribution in [0.1, 0.15) is 36.0 Å². The van der Waals surface area contributed by atoms with E-state index in [1.807, 2.05) is 23.1 Å². The molecular weight excluding hydrogens is 436 g/mol. The number of carbonyl (C=O) groups is 1. The number of pyridine rings is 1. The van der Waals surface area contributed by atoms with Crippen LogP contribution >= 0.6 is 0 Å². The molecule has 0 bridgehead atoms. The maximum atomic E-state index is 13.0. The Morgan fingerprint density at radius 1 is 1.11 bits per heavy atom. The van der Waals surface area contributed by atoms with Crippen molar-refractivity contribution < 1.29 is 4.79 Å². The zero-order valence-corrected chi connectivity index (χ0v) is 20.3. The van der Waals surface area contributed by atoms with Gasteiger partial charge in [-0.25, -0.2) is 4.68 Å². The first-order valence-corrected chi connectivity index (χ1v) is 12.4. The van der Waals surface area contributed by atoms with Crippen LogP contribution in [0.3, 0.4) is 0 Å². The lowest BCUT2D eigenvalue weighted by Gasteiger charge is -2.32. The SMILES string of the molecule is Cc1cc2c(cnn2-c2ccc(=O)n(C)c2)cc1C1(Cc2ccccc2)CCN(C(=O)C2CC2)C1. The average Bonchev–Trinajstić information content (AvgIpc) is 3.50. The maximum Gasteiger partial charge on any atom is 0.250 e. The Bertz CT molecular complexity index is 1480. The van der Waals surface area contributed by atoms with E-state index in [0.29, 0.717) is 5.91 Å². The normalized spacial score (nSPS) is 20.0. The quantitative estimate of drug-likeness (QED) is 0.444. The molecule has 3 heterocycles. The summed E-state index contributed by atoms with van der Waals surface area (Å²) in [5, 5.41) is 5.73. The summed E-state index contributed by atoms with van der Waals surface area (Å²) in [5.41, 5.74) is 5.52. The molecule has 0 N–H and O–H groups in total. The van der Waals surface area contributed by atoms with E-state index in [1.54, 1.807) is 17.7 Å². The smallest absolute Gasteiger partial charge is 0.250 e. The Balaban J connectivity index is 1.43. The van der Waals surface area contributed by atoms with Crippen molar-refractivity contribution in [2.45, 2.75) is 38.0 Å². The van der Waals surface area contributed by atoms with Crippen molar-refractivity contribution in [3.05, 3.63) is 94.0 Å². The molecule has 6 heteroatoms. The first kappa shape index (κ1) is 21.8. The van der Waals surface area contributed by atoms with Crippen molar-refractivity contribution in [2.75, 3.05) is 13.1 Å². The Kier molecular flexibility index (Phi) is 5.13. The van der Waals surface area contributed by atoms with Crippen molar-refractivity contribution in [1.29, 1.82) is 0 Å². The zero-order chi connectivity index (χ0) is 24.2. The summed E-state index contributed by atoms with van der Waals surface area (Å²) < 4.78 is 3.47. The van der Waals surface area contributed by atoms with Crippen molar-refractivity contribution in [2.24, 2.45) is 13.0 Å². The predicted octanol–water partition coefficient (Wildman–Crippen LogP) is 4.16. The van der Waals surface area contributed by atoms with Gasteiger partial charge in [-0.2, -0.15) is 5.10 Å². The average molecular weight is 467 g/mol. The van der Waals surface area contributed by atoms with Gasteiger partial charge in [0.2, 0.25) is 11.5 Å². The summed E-state index contributed by atoms with van der Waals surface area (Å²) in [7, 11) is 1.75. The van der Waals surface area contributed by atoms with E-state index in [2.05, 4.69) is 59.4 Å². The van der Waals surface area contributed by atoms with E-state index in [9.17, 15) is 9.59 Å². The molecule has 0 spiro atoms. The van der Waals surface area contributed by atoms with Crippen LogP contribution in [0.4, 0.5) is 0 Å². The second-order valence-corrected chi connectivity index (χ2v) is 10.3. The second kappa shape index (κ2) is 8.22. The van der Waals surface area contributed by atoms with Crippen molar-refractivity contribution in [3.8, 4) is 5.69 Å². The van der Waals surface area contributed by atoms with Crippen LogP contribution in [-0.2, 0) is 23.7 Å². The summed E-state index contributed by atoms with van der Waals surface area (Å²) in [5.74, 6) is 0.576. The number of benzene rings is 2. The molecule has 1 aliphatic heterocycles. The monoisotopic (exact) mass is 466 g/mol. The van der Waals surface area contributed by atoms with Gasteiger partial charge in [0.25, 0.3) is 0 Å². The van der Waals surface area contributed by atoms with Crippen molar-refractivity contribution >= 4 is 16.8 Å². The largest absolute Gasteiger partial charge is 0.342 e. The second-order valence-electron chi connectivity index (χ2n) is 10.3. The topological polar surface area (TPSA) is 60.1 Å². The molecule has 1 unspecified atom stereocenters. The molecule has 2 fully saturated rings. The maximum absolute atomic E-state index is 13.0. The summed E-state index contributed by atoms with van der Waals surface area (Å²) >= 11 is 0. The molecule has 1 atom stereocenters. The lowest BCUT2D eigenvalue weighted by molar-refractivity contribution is -0.131. The van der Waals surface area contributed by atoms with Crippen molar-refractivity contribution in [1.82, 2.24) is 19.2 Å². The fraction of sp³-hybridized carbons (Fsp3) is 0.345. The van der Waals surface area contributed by atoms with Crippen molar-refractivity contribution in [3.63, 3.8) is 0 Å². The van der Waals surface area contributed by atoms with Crippen LogP contribution in [0.5, 0.6) is 0 Å². The molecule has 0 radical (unpaired) electrons. The Morgan fingerprint density at radius 3 is 2.66 bits per heavy atom. The zero-order valence-electron chi connectivity index (χ0n) is 20.3. The van der Waals surface area contributed by atoms with E-state index in [0.717, 1.165) is 55.4 Å². The van der Waals surface area contributed by atoms with Crippen LogP contribution in [0.15, 0.2) is 71.8 Å². The summed E-state index contributed by atoms with van der Waals surface area (Å²) in [6, 6.07) is 18.5. The first-order valence-electron chi connectivity index (χ1n) is 12.4.